The Kier molecular flexibility index (Phi) is 2.39. The number of nitrogens with zero attached hydrogens (tertiary/aromatic N) is 2. The number of nitrogens with two attached hydrogens (primary N) is 1. The Morgan fingerprint density at radius 1 is 1.43 bits per heavy atom. The van der Waals surface area contributed by atoms with E-state index in [1.165, 1.54) is 18.4 Å². The molecular weight excluding hydrogens is 174 g/mol. The second-order valence-corrected chi connectivity index (χ2v) is 3.54. The van der Waals surface area contributed by atoms with Crippen molar-refractivity contribution in [3.63, 3.8) is 0 Å². The molecule has 0 amide bonds. The highest BCUT2D eigenvalue weighted by Gasteiger charge is 2.01. The van der Waals surface area contributed by atoms with Crippen LogP contribution in [-0.4, -0.2) is 9.55 Å². The number of aromatic nitrogens is 2. The summed E-state index contributed by atoms with van der Waals surface area (Å²) in [5.74, 6) is 0. The number of hydrogen-bond donors (Lipinski definition) is 1. The quantitative estimate of drug-likeness (QED) is 0.753. The molecule has 1 aromatic carbocycles. The maximum absolute atomic E-state index is 5.68. The monoisotopic (exact) mass is 189 g/mol. The van der Waals surface area contributed by atoms with Crippen LogP contribution in [-0.2, 0) is 6.54 Å². The molecule has 0 fully saturated rings. The van der Waals surface area contributed by atoms with Gasteiger partial charge >= 0.3 is 0 Å². The molecule has 2 aromatic rings. The second-order valence-electron chi connectivity index (χ2n) is 3.54. The van der Waals surface area contributed by atoms with Gasteiger partial charge in [0, 0.05) is 12.2 Å². The molecule has 0 saturated heterocycles. The van der Waals surface area contributed by atoms with Crippen molar-refractivity contribution >= 4 is 16.7 Å². The number of rotatable bonds is 3. The molecule has 0 aliphatic heterocycles. The van der Waals surface area contributed by atoms with E-state index in [1.807, 2.05) is 24.5 Å². The van der Waals surface area contributed by atoms with Crippen molar-refractivity contribution in [2.75, 3.05) is 5.73 Å². The fraction of sp³-hybridized carbons (Fsp3) is 0.364. The molecule has 0 radical (unpaired) electrons. The van der Waals surface area contributed by atoms with E-state index < -0.39 is 0 Å². The second kappa shape index (κ2) is 3.70. The molecule has 0 unspecified atom stereocenters. The van der Waals surface area contributed by atoms with Crippen molar-refractivity contribution in [2.45, 2.75) is 26.3 Å². The first-order chi connectivity index (χ1) is 6.81. The smallest absolute Gasteiger partial charge is 0.0958 e. The standard InChI is InChI=1S/C11H15N3/c1-2-3-6-14-8-13-10-7-9(12)4-5-11(10)14/h4-5,7-8H,2-3,6,12H2,1H3. The van der Waals surface area contributed by atoms with Gasteiger partial charge in [-0.2, -0.15) is 0 Å². The molecule has 1 aromatic heterocycles. The van der Waals surface area contributed by atoms with Gasteiger partial charge in [0.05, 0.1) is 17.4 Å². The number of hydrogen-bond acceptors (Lipinski definition) is 2. The highest BCUT2D eigenvalue weighted by atomic mass is 15.0. The summed E-state index contributed by atoms with van der Waals surface area (Å²) in [7, 11) is 0. The zero-order valence-corrected chi connectivity index (χ0v) is 8.40. The SMILES string of the molecule is CCCCn1cnc2cc(N)ccc21. The Bertz CT molecular complexity index is 431. The molecule has 0 aliphatic carbocycles. The predicted octanol–water partition coefficient (Wildman–Crippen LogP) is 2.42. The zero-order valence-electron chi connectivity index (χ0n) is 8.40. The number of fused-ring (bicyclic) bond motifs is 1. The first-order valence-corrected chi connectivity index (χ1v) is 5.01. The molecule has 0 atom stereocenters. The highest BCUT2D eigenvalue weighted by Crippen LogP contribution is 2.16. The Morgan fingerprint density at radius 3 is 3.07 bits per heavy atom. The van der Waals surface area contributed by atoms with E-state index in [4.69, 9.17) is 5.73 Å². The van der Waals surface area contributed by atoms with E-state index >= 15 is 0 Å². The average molecular weight is 189 g/mol. The van der Waals surface area contributed by atoms with Gasteiger partial charge < -0.3 is 10.3 Å². The summed E-state index contributed by atoms with van der Waals surface area (Å²) in [6, 6.07) is 5.87. The lowest BCUT2D eigenvalue weighted by Crippen LogP contribution is -1.95. The molecule has 0 bridgehead atoms. The van der Waals surface area contributed by atoms with Crippen LogP contribution in [0, 0.1) is 0 Å². The third-order valence-electron chi connectivity index (χ3n) is 2.40. The van der Waals surface area contributed by atoms with Crippen molar-refractivity contribution in [1.82, 2.24) is 9.55 Å². The molecule has 0 aliphatic rings. The largest absolute Gasteiger partial charge is 0.399 e. The van der Waals surface area contributed by atoms with E-state index in [0.717, 1.165) is 17.7 Å². The fourth-order valence-electron chi connectivity index (χ4n) is 1.59. The topological polar surface area (TPSA) is 43.8 Å². The lowest BCUT2D eigenvalue weighted by atomic mass is 10.2. The summed E-state index contributed by atoms with van der Waals surface area (Å²) in [4.78, 5) is 4.32. The summed E-state index contributed by atoms with van der Waals surface area (Å²) in [5, 5.41) is 0. The Morgan fingerprint density at radius 2 is 2.29 bits per heavy atom. The van der Waals surface area contributed by atoms with Gasteiger partial charge in [-0.15, -0.1) is 0 Å². The molecule has 2 rings (SSSR count). The van der Waals surface area contributed by atoms with Crippen molar-refractivity contribution in [1.29, 1.82) is 0 Å². The molecular formula is C11H15N3. The molecule has 3 nitrogen and oxygen atoms in total. The van der Waals surface area contributed by atoms with E-state index in [2.05, 4.69) is 16.5 Å². The highest BCUT2D eigenvalue weighted by molar-refractivity contribution is 5.78. The van der Waals surface area contributed by atoms with Crippen LogP contribution in [0.15, 0.2) is 24.5 Å². The maximum atomic E-state index is 5.68. The van der Waals surface area contributed by atoms with E-state index in [1.54, 1.807) is 0 Å². The van der Waals surface area contributed by atoms with Gasteiger partial charge in [0.1, 0.15) is 0 Å². The van der Waals surface area contributed by atoms with Crippen LogP contribution in [0.5, 0.6) is 0 Å². The summed E-state index contributed by atoms with van der Waals surface area (Å²) in [6.07, 6.45) is 4.28. The maximum Gasteiger partial charge on any atom is 0.0958 e. The number of nitrogen functional groups attached to an aromatic ring is 1. The molecule has 3 heteroatoms. The third kappa shape index (κ3) is 1.58. The van der Waals surface area contributed by atoms with E-state index in [9.17, 15) is 0 Å². The molecule has 0 saturated carbocycles. The number of anilines is 1. The molecule has 0 spiro atoms. The lowest BCUT2D eigenvalue weighted by molar-refractivity contribution is 0.646. The minimum atomic E-state index is 0.776. The number of imidazole rings is 1. The van der Waals surface area contributed by atoms with Crippen LogP contribution < -0.4 is 5.73 Å². The molecule has 2 N–H and O–H groups in total. The van der Waals surface area contributed by atoms with Crippen molar-refractivity contribution in [2.24, 2.45) is 0 Å². The lowest BCUT2D eigenvalue weighted by Gasteiger charge is -2.02. The van der Waals surface area contributed by atoms with Gasteiger partial charge in [0.25, 0.3) is 0 Å². The predicted molar refractivity (Wildman–Crippen MR) is 59.1 cm³/mol. The zero-order chi connectivity index (χ0) is 9.97. The Balaban J connectivity index is 2.37. The summed E-state index contributed by atoms with van der Waals surface area (Å²) >= 11 is 0. The summed E-state index contributed by atoms with van der Waals surface area (Å²) in [6.45, 7) is 3.23. The number of aryl methyl sites for hydroxylation is 1. The van der Waals surface area contributed by atoms with Crippen LogP contribution in [0.2, 0.25) is 0 Å². The normalized spacial score (nSPS) is 10.9. The summed E-state index contributed by atoms with van der Waals surface area (Å²) in [5.41, 5.74) is 8.62. The van der Waals surface area contributed by atoms with Crippen LogP contribution >= 0.6 is 0 Å². The van der Waals surface area contributed by atoms with Gasteiger partial charge in [-0.3, -0.25) is 0 Å². The van der Waals surface area contributed by atoms with Crippen LogP contribution in [0.3, 0.4) is 0 Å². The average Bonchev–Trinajstić information content (AvgIpc) is 2.57. The number of unbranched alkanes of at least 4 members (excludes halogenated alkanes) is 1. The van der Waals surface area contributed by atoms with Gasteiger partial charge in [0.15, 0.2) is 0 Å². The van der Waals surface area contributed by atoms with E-state index in [0.29, 0.717) is 0 Å². The van der Waals surface area contributed by atoms with E-state index in [-0.39, 0.29) is 0 Å². The minimum Gasteiger partial charge on any atom is -0.399 e. The van der Waals surface area contributed by atoms with Gasteiger partial charge in [-0.05, 0) is 24.6 Å². The van der Waals surface area contributed by atoms with Gasteiger partial charge in [-0.1, -0.05) is 13.3 Å². The third-order valence-corrected chi connectivity index (χ3v) is 2.40. The van der Waals surface area contributed by atoms with Crippen LogP contribution in [0.25, 0.3) is 11.0 Å². The Hall–Kier alpha value is -1.51. The van der Waals surface area contributed by atoms with Crippen LogP contribution in [0.4, 0.5) is 5.69 Å². The van der Waals surface area contributed by atoms with Gasteiger partial charge in [-0.25, -0.2) is 4.98 Å². The Labute approximate surface area is 83.6 Å². The molecule has 1 heterocycles. The van der Waals surface area contributed by atoms with Crippen molar-refractivity contribution < 1.29 is 0 Å². The van der Waals surface area contributed by atoms with Crippen molar-refractivity contribution in [3.05, 3.63) is 24.5 Å². The number of benzene rings is 1. The van der Waals surface area contributed by atoms with Crippen LogP contribution in [0.1, 0.15) is 19.8 Å². The molecule has 74 valence electrons. The van der Waals surface area contributed by atoms with Crippen molar-refractivity contribution in [3.8, 4) is 0 Å². The molecule has 14 heavy (non-hydrogen) atoms. The summed E-state index contributed by atoms with van der Waals surface area (Å²) < 4.78 is 2.18. The first-order valence-electron chi connectivity index (χ1n) is 5.01. The minimum absolute atomic E-state index is 0.776. The first kappa shape index (κ1) is 9.06. The van der Waals surface area contributed by atoms with Gasteiger partial charge in [0.2, 0.25) is 0 Å². The fourth-order valence-corrected chi connectivity index (χ4v) is 1.59.